The number of imidazole rings is 2. The minimum Gasteiger partial charge on any atom is -0.342 e. The van der Waals surface area contributed by atoms with Crippen molar-refractivity contribution in [1.82, 2.24) is 19.9 Å². The van der Waals surface area contributed by atoms with Crippen molar-refractivity contribution in [2.45, 2.75) is 53.4 Å². The van der Waals surface area contributed by atoms with E-state index >= 15 is 0 Å². The Morgan fingerprint density at radius 2 is 1.56 bits per heavy atom. The molecule has 0 unspecified atom stereocenters. The largest absolute Gasteiger partial charge is 0.342 e. The van der Waals surface area contributed by atoms with Crippen molar-refractivity contribution in [2.24, 2.45) is 5.41 Å². The second kappa shape index (κ2) is 5.95. The van der Waals surface area contributed by atoms with Crippen LogP contribution in [0.4, 0.5) is 0 Å². The second-order valence-corrected chi connectivity index (χ2v) is 9.74. The molecule has 0 fully saturated rings. The summed E-state index contributed by atoms with van der Waals surface area (Å²) in [6.45, 7) is 13.3. The predicted octanol–water partition coefficient (Wildman–Crippen LogP) is 5.99. The Morgan fingerprint density at radius 1 is 0.778 bits per heavy atom. The Hall–Kier alpha value is -2.62. The molecule has 4 aromatic rings. The first-order valence-corrected chi connectivity index (χ1v) is 9.58. The minimum absolute atomic E-state index is 0.00199. The molecule has 0 atom stereocenters. The van der Waals surface area contributed by atoms with Crippen LogP contribution in [0.15, 0.2) is 36.4 Å². The molecule has 0 bridgehead atoms. The second-order valence-electron chi connectivity index (χ2n) is 9.74. The monoisotopic (exact) mass is 360 g/mol. The molecule has 0 saturated carbocycles. The van der Waals surface area contributed by atoms with Crippen LogP contribution in [0.5, 0.6) is 0 Å². The Bertz CT molecular complexity index is 1120. The van der Waals surface area contributed by atoms with Crippen molar-refractivity contribution in [1.29, 1.82) is 0 Å². The summed E-state index contributed by atoms with van der Waals surface area (Å²) in [4.78, 5) is 16.5. The van der Waals surface area contributed by atoms with E-state index in [4.69, 9.17) is 9.97 Å². The highest BCUT2D eigenvalue weighted by atomic mass is 14.9. The van der Waals surface area contributed by atoms with E-state index in [-0.39, 0.29) is 10.8 Å². The third-order valence-corrected chi connectivity index (χ3v) is 4.75. The Kier molecular flexibility index (Phi) is 3.91. The van der Waals surface area contributed by atoms with Gasteiger partial charge in [0.25, 0.3) is 0 Å². The summed E-state index contributed by atoms with van der Waals surface area (Å²) in [6, 6.07) is 12.8. The van der Waals surface area contributed by atoms with E-state index in [0.29, 0.717) is 0 Å². The van der Waals surface area contributed by atoms with Gasteiger partial charge in [0.05, 0.1) is 22.1 Å². The van der Waals surface area contributed by atoms with E-state index in [2.05, 4.69) is 87.9 Å². The molecule has 0 amide bonds. The van der Waals surface area contributed by atoms with Crippen LogP contribution in [0.2, 0.25) is 0 Å². The summed E-state index contributed by atoms with van der Waals surface area (Å²) in [6.07, 6.45) is 1.04. The molecular formula is C23H28N4. The molecule has 2 N–H and O–H groups in total. The number of rotatable bonds is 2. The van der Waals surface area contributed by atoms with Gasteiger partial charge in [0.2, 0.25) is 0 Å². The van der Waals surface area contributed by atoms with Crippen LogP contribution in [-0.4, -0.2) is 19.9 Å². The summed E-state index contributed by atoms with van der Waals surface area (Å²) >= 11 is 0. The average molecular weight is 361 g/mol. The standard InChI is InChI=1S/C23H28N4/c1-22(2,3)13-14-7-9-16-18(11-14)25-20(24-16)15-8-10-17-19(12-15)27-21(26-17)23(4,5)6/h7-12H,13H2,1-6H3,(H,24,25)(H,26,27). The zero-order valence-electron chi connectivity index (χ0n) is 17.1. The van der Waals surface area contributed by atoms with Gasteiger partial charge < -0.3 is 9.97 Å². The van der Waals surface area contributed by atoms with Crippen LogP contribution in [0.25, 0.3) is 33.5 Å². The first-order chi connectivity index (χ1) is 12.6. The van der Waals surface area contributed by atoms with Crippen LogP contribution < -0.4 is 0 Å². The van der Waals surface area contributed by atoms with Gasteiger partial charge in [-0.2, -0.15) is 0 Å². The molecule has 0 aliphatic rings. The van der Waals surface area contributed by atoms with E-state index in [9.17, 15) is 0 Å². The highest BCUT2D eigenvalue weighted by molar-refractivity contribution is 5.84. The number of benzene rings is 2. The van der Waals surface area contributed by atoms with Gasteiger partial charge in [0.15, 0.2) is 0 Å². The SMILES string of the molecule is CC(C)(C)Cc1ccc2[nH]c(-c3ccc4nc(C(C)(C)C)[nH]c4c3)nc2c1. The fourth-order valence-corrected chi connectivity index (χ4v) is 3.42. The molecule has 4 nitrogen and oxygen atoms in total. The van der Waals surface area contributed by atoms with Gasteiger partial charge in [0, 0.05) is 11.0 Å². The van der Waals surface area contributed by atoms with E-state index in [1.807, 2.05) is 0 Å². The van der Waals surface area contributed by atoms with Gasteiger partial charge >= 0.3 is 0 Å². The van der Waals surface area contributed by atoms with Gasteiger partial charge in [-0.05, 0) is 47.7 Å². The van der Waals surface area contributed by atoms with Crippen LogP contribution in [0.1, 0.15) is 52.9 Å². The molecule has 0 aliphatic heterocycles. The maximum Gasteiger partial charge on any atom is 0.138 e. The van der Waals surface area contributed by atoms with E-state index in [0.717, 1.165) is 45.7 Å². The molecule has 27 heavy (non-hydrogen) atoms. The van der Waals surface area contributed by atoms with Crippen LogP contribution >= 0.6 is 0 Å². The fourth-order valence-electron chi connectivity index (χ4n) is 3.42. The van der Waals surface area contributed by atoms with E-state index in [1.165, 1.54) is 5.56 Å². The van der Waals surface area contributed by atoms with E-state index in [1.54, 1.807) is 0 Å². The molecule has 2 aromatic heterocycles. The molecule has 4 heteroatoms. The number of hydrogen-bond donors (Lipinski definition) is 2. The first-order valence-electron chi connectivity index (χ1n) is 9.58. The smallest absolute Gasteiger partial charge is 0.138 e. The molecule has 2 aromatic carbocycles. The Balaban J connectivity index is 1.73. The molecule has 0 aliphatic carbocycles. The summed E-state index contributed by atoms with van der Waals surface area (Å²) in [5.41, 5.74) is 6.80. The lowest BCUT2D eigenvalue weighted by molar-refractivity contribution is 0.411. The summed E-state index contributed by atoms with van der Waals surface area (Å²) in [5.74, 6) is 1.90. The van der Waals surface area contributed by atoms with Gasteiger partial charge in [0.1, 0.15) is 11.6 Å². The van der Waals surface area contributed by atoms with Gasteiger partial charge in [-0.25, -0.2) is 9.97 Å². The minimum atomic E-state index is 0.00199. The maximum absolute atomic E-state index is 4.85. The zero-order valence-corrected chi connectivity index (χ0v) is 17.1. The molecule has 140 valence electrons. The van der Waals surface area contributed by atoms with Crippen molar-refractivity contribution in [3.8, 4) is 11.4 Å². The molecule has 0 saturated heterocycles. The van der Waals surface area contributed by atoms with Crippen molar-refractivity contribution in [2.75, 3.05) is 0 Å². The topological polar surface area (TPSA) is 57.4 Å². The number of nitrogens with one attached hydrogen (secondary N) is 2. The van der Waals surface area contributed by atoms with Crippen molar-refractivity contribution >= 4 is 22.1 Å². The fraction of sp³-hybridized carbons (Fsp3) is 0.391. The number of hydrogen-bond acceptors (Lipinski definition) is 2. The van der Waals surface area contributed by atoms with Crippen LogP contribution in [0.3, 0.4) is 0 Å². The lowest BCUT2D eigenvalue weighted by Gasteiger charge is -2.17. The Labute approximate surface area is 160 Å². The quantitative estimate of drug-likeness (QED) is 0.461. The first kappa shape index (κ1) is 17.8. The number of H-pyrrole nitrogens is 2. The average Bonchev–Trinajstić information content (AvgIpc) is 3.15. The lowest BCUT2D eigenvalue weighted by atomic mass is 9.88. The number of aromatic amines is 2. The molecule has 0 spiro atoms. The Morgan fingerprint density at radius 3 is 2.26 bits per heavy atom. The van der Waals surface area contributed by atoms with Crippen molar-refractivity contribution in [3.63, 3.8) is 0 Å². The lowest BCUT2D eigenvalue weighted by Crippen LogP contribution is -2.12. The predicted molar refractivity (Wildman–Crippen MR) is 113 cm³/mol. The number of fused-ring (bicyclic) bond motifs is 2. The maximum atomic E-state index is 4.85. The normalized spacial score (nSPS) is 13.0. The van der Waals surface area contributed by atoms with Gasteiger partial charge in [-0.3, -0.25) is 0 Å². The molecular weight excluding hydrogens is 332 g/mol. The summed E-state index contributed by atoms with van der Waals surface area (Å²) < 4.78 is 0. The molecule has 4 rings (SSSR count). The summed E-state index contributed by atoms with van der Waals surface area (Å²) in [5, 5.41) is 0. The third kappa shape index (κ3) is 3.61. The van der Waals surface area contributed by atoms with E-state index < -0.39 is 0 Å². The van der Waals surface area contributed by atoms with Crippen molar-refractivity contribution < 1.29 is 0 Å². The zero-order chi connectivity index (χ0) is 19.4. The van der Waals surface area contributed by atoms with Crippen LogP contribution in [-0.2, 0) is 11.8 Å². The number of nitrogens with zero attached hydrogens (tertiary/aromatic N) is 2. The highest BCUT2D eigenvalue weighted by Crippen LogP contribution is 2.28. The van der Waals surface area contributed by atoms with Gasteiger partial charge in [-0.1, -0.05) is 47.6 Å². The number of aromatic nitrogens is 4. The van der Waals surface area contributed by atoms with Gasteiger partial charge in [-0.15, -0.1) is 0 Å². The summed E-state index contributed by atoms with van der Waals surface area (Å²) in [7, 11) is 0. The molecule has 2 heterocycles. The van der Waals surface area contributed by atoms with Crippen LogP contribution in [0, 0.1) is 5.41 Å². The van der Waals surface area contributed by atoms with Crippen molar-refractivity contribution in [3.05, 3.63) is 47.8 Å². The highest BCUT2D eigenvalue weighted by Gasteiger charge is 2.18. The molecule has 0 radical (unpaired) electrons. The third-order valence-electron chi connectivity index (χ3n) is 4.75.